The number of esters is 1. The molecule has 0 heterocycles. The van der Waals surface area contributed by atoms with Gasteiger partial charge in [-0.3, -0.25) is 20.4 Å². The minimum Gasteiger partial charge on any atom is -0.482 e. The number of hydrazine groups is 1. The molecule has 0 aliphatic heterocycles. The minimum atomic E-state index is -0.686. The third-order valence-electron chi connectivity index (χ3n) is 3.27. The van der Waals surface area contributed by atoms with Crippen LogP contribution < -0.4 is 15.6 Å². The maximum atomic E-state index is 11.7. The molecular formula is C19H20N2O5. The second kappa shape index (κ2) is 9.22. The Morgan fingerprint density at radius 3 is 2.19 bits per heavy atom. The third-order valence-corrected chi connectivity index (χ3v) is 3.27. The van der Waals surface area contributed by atoms with Crippen LogP contribution in [0.2, 0.25) is 0 Å². The van der Waals surface area contributed by atoms with E-state index in [0.717, 1.165) is 11.1 Å². The van der Waals surface area contributed by atoms with E-state index in [1.807, 2.05) is 19.9 Å². The van der Waals surface area contributed by atoms with Gasteiger partial charge in [0, 0.05) is 5.56 Å². The van der Waals surface area contributed by atoms with E-state index < -0.39 is 24.4 Å². The lowest BCUT2D eigenvalue weighted by atomic mass is 10.1. The van der Waals surface area contributed by atoms with E-state index in [4.69, 9.17) is 9.47 Å². The Morgan fingerprint density at radius 1 is 0.885 bits per heavy atom. The molecule has 26 heavy (non-hydrogen) atoms. The van der Waals surface area contributed by atoms with Crippen LogP contribution >= 0.6 is 0 Å². The highest BCUT2D eigenvalue weighted by Gasteiger charge is 2.10. The van der Waals surface area contributed by atoms with Gasteiger partial charge in [0.05, 0.1) is 0 Å². The van der Waals surface area contributed by atoms with Gasteiger partial charge in [-0.05, 0) is 49.2 Å². The molecule has 2 N–H and O–H groups in total. The quantitative estimate of drug-likeness (QED) is 0.607. The van der Waals surface area contributed by atoms with Crippen molar-refractivity contribution in [2.45, 2.75) is 13.8 Å². The summed E-state index contributed by atoms with van der Waals surface area (Å²) in [5, 5.41) is 0. The SMILES string of the molecule is Cc1cc(C)cc(OCC(=O)OCC(=O)NNC(=O)c2ccccc2)c1. The second-order valence-electron chi connectivity index (χ2n) is 5.64. The number of carbonyl (C=O) groups excluding carboxylic acids is 3. The molecule has 0 saturated heterocycles. The van der Waals surface area contributed by atoms with Gasteiger partial charge >= 0.3 is 5.97 Å². The van der Waals surface area contributed by atoms with Gasteiger partial charge in [-0.15, -0.1) is 0 Å². The highest BCUT2D eigenvalue weighted by atomic mass is 16.6. The molecule has 0 fully saturated rings. The van der Waals surface area contributed by atoms with E-state index >= 15 is 0 Å². The summed E-state index contributed by atoms with van der Waals surface area (Å²) in [4.78, 5) is 35.0. The molecule has 0 saturated carbocycles. The lowest BCUT2D eigenvalue weighted by Gasteiger charge is -2.09. The number of ether oxygens (including phenoxy) is 2. The van der Waals surface area contributed by atoms with Crippen LogP contribution in [0.1, 0.15) is 21.5 Å². The first-order valence-electron chi connectivity index (χ1n) is 7.95. The maximum Gasteiger partial charge on any atom is 0.344 e. The number of rotatable bonds is 6. The van der Waals surface area contributed by atoms with Gasteiger partial charge < -0.3 is 9.47 Å². The summed E-state index contributed by atoms with van der Waals surface area (Å²) in [5.41, 5.74) is 6.83. The Morgan fingerprint density at radius 2 is 1.54 bits per heavy atom. The summed E-state index contributed by atoms with van der Waals surface area (Å²) < 4.78 is 10.1. The molecule has 2 aromatic rings. The predicted molar refractivity (Wildman–Crippen MR) is 94.4 cm³/mol. The molecule has 7 nitrogen and oxygen atoms in total. The first kappa shape index (κ1) is 19.0. The Hall–Kier alpha value is -3.35. The van der Waals surface area contributed by atoms with Crippen LogP contribution in [0.25, 0.3) is 0 Å². The van der Waals surface area contributed by atoms with E-state index in [-0.39, 0.29) is 6.61 Å². The first-order chi connectivity index (χ1) is 12.4. The first-order valence-corrected chi connectivity index (χ1v) is 7.95. The third kappa shape index (κ3) is 6.27. The maximum absolute atomic E-state index is 11.7. The number of hydrogen-bond donors (Lipinski definition) is 2. The smallest absolute Gasteiger partial charge is 0.344 e. The number of nitrogens with one attached hydrogen (secondary N) is 2. The van der Waals surface area contributed by atoms with Crippen molar-refractivity contribution in [1.82, 2.24) is 10.9 Å². The summed E-state index contributed by atoms with van der Waals surface area (Å²) in [6.45, 7) is 3.01. The largest absolute Gasteiger partial charge is 0.482 e. The lowest BCUT2D eigenvalue weighted by molar-refractivity contribution is -0.150. The molecule has 2 aromatic carbocycles. The number of hydrogen-bond acceptors (Lipinski definition) is 5. The summed E-state index contributed by atoms with van der Waals surface area (Å²) in [6, 6.07) is 14.0. The van der Waals surface area contributed by atoms with Gasteiger partial charge in [0.25, 0.3) is 11.8 Å². The van der Waals surface area contributed by atoms with Crippen LogP contribution in [0, 0.1) is 13.8 Å². The van der Waals surface area contributed by atoms with Crippen molar-refractivity contribution in [3.63, 3.8) is 0 Å². The van der Waals surface area contributed by atoms with E-state index in [9.17, 15) is 14.4 Å². The van der Waals surface area contributed by atoms with Gasteiger partial charge in [0.1, 0.15) is 5.75 Å². The average molecular weight is 356 g/mol. The normalized spacial score (nSPS) is 9.92. The Kier molecular flexibility index (Phi) is 6.73. The van der Waals surface area contributed by atoms with Crippen LogP contribution in [0.4, 0.5) is 0 Å². The molecule has 0 unspecified atom stereocenters. The van der Waals surface area contributed by atoms with Gasteiger partial charge in [0.2, 0.25) is 0 Å². The van der Waals surface area contributed by atoms with Crippen LogP contribution in [0.15, 0.2) is 48.5 Å². The number of carbonyl (C=O) groups is 3. The van der Waals surface area contributed by atoms with Crippen LogP contribution in [-0.2, 0) is 14.3 Å². The standard InChI is InChI=1S/C19H20N2O5/c1-13-8-14(2)10-16(9-13)25-12-18(23)26-11-17(22)20-21-19(24)15-6-4-3-5-7-15/h3-10H,11-12H2,1-2H3,(H,20,22)(H,21,24). The van der Waals surface area contributed by atoms with E-state index in [1.165, 1.54) is 0 Å². The Balaban J connectivity index is 1.68. The van der Waals surface area contributed by atoms with Crippen molar-refractivity contribution in [2.24, 2.45) is 0 Å². The zero-order valence-electron chi connectivity index (χ0n) is 14.6. The van der Waals surface area contributed by atoms with Crippen molar-refractivity contribution in [1.29, 1.82) is 0 Å². The molecule has 136 valence electrons. The second-order valence-corrected chi connectivity index (χ2v) is 5.64. The molecule has 0 spiro atoms. The monoisotopic (exact) mass is 356 g/mol. The molecule has 0 atom stereocenters. The summed E-state index contributed by atoms with van der Waals surface area (Å²) in [6.07, 6.45) is 0. The fraction of sp³-hybridized carbons (Fsp3) is 0.211. The molecule has 0 radical (unpaired) electrons. The summed E-state index contributed by atoms with van der Waals surface area (Å²) in [7, 11) is 0. The van der Waals surface area contributed by atoms with Crippen molar-refractivity contribution < 1.29 is 23.9 Å². The van der Waals surface area contributed by atoms with E-state index in [2.05, 4.69) is 10.9 Å². The molecule has 2 amide bonds. The average Bonchev–Trinajstić information content (AvgIpc) is 2.62. The molecule has 0 aliphatic rings. The summed E-state index contributed by atoms with van der Waals surface area (Å²) >= 11 is 0. The highest BCUT2D eigenvalue weighted by molar-refractivity contribution is 5.95. The fourth-order valence-corrected chi connectivity index (χ4v) is 2.17. The van der Waals surface area contributed by atoms with Gasteiger partial charge in [-0.2, -0.15) is 0 Å². The van der Waals surface area contributed by atoms with Crippen molar-refractivity contribution in [3.8, 4) is 5.75 Å². The van der Waals surface area contributed by atoms with E-state index in [1.54, 1.807) is 42.5 Å². The molecular weight excluding hydrogens is 336 g/mol. The number of benzene rings is 2. The summed E-state index contributed by atoms with van der Waals surface area (Å²) in [5.74, 6) is -1.26. The van der Waals surface area contributed by atoms with Gasteiger partial charge in [-0.1, -0.05) is 24.3 Å². The molecule has 0 aromatic heterocycles. The fourth-order valence-electron chi connectivity index (χ4n) is 2.17. The zero-order valence-corrected chi connectivity index (χ0v) is 14.6. The van der Waals surface area contributed by atoms with Crippen LogP contribution in [-0.4, -0.2) is 31.0 Å². The molecule has 0 bridgehead atoms. The van der Waals surface area contributed by atoms with Crippen molar-refractivity contribution in [3.05, 3.63) is 65.2 Å². The van der Waals surface area contributed by atoms with E-state index in [0.29, 0.717) is 11.3 Å². The predicted octanol–water partition coefficient (Wildman–Crippen LogP) is 1.69. The Bertz CT molecular complexity index is 770. The number of aryl methyl sites for hydroxylation is 2. The lowest BCUT2D eigenvalue weighted by Crippen LogP contribution is -2.43. The Labute approximate surface area is 151 Å². The highest BCUT2D eigenvalue weighted by Crippen LogP contribution is 2.16. The topological polar surface area (TPSA) is 93.7 Å². The molecule has 0 aliphatic carbocycles. The van der Waals surface area contributed by atoms with Gasteiger partial charge in [0.15, 0.2) is 13.2 Å². The number of amides is 2. The molecule has 2 rings (SSSR count). The van der Waals surface area contributed by atoms with Gasteiger partial charge in [-0.25, -0.2) is 4.79 Å². The molecule has 7 heteroatoms. The zero-order chi connectivity index (χ0) is 18.9. The van der Waals surface area contributed by atoms with Crippen LogP contribution in [0.3, 0.4) is 0 Å². The van der Waals surface area contributed by atoms with Crippen molar-refractivity contribution in [2.75, 3.05) is 13.2 Å². The van der Waals surface area contributed by atoms with Crippen molar-refractivity contribution >= 4 is 17.8 Å². The van der Waals surface area contributed by atoms with Crippen LogP contribution in [0.5, 0.6) is 5.75 Å². The minimum absolute atomic E-state index is 0.313.